The smallest absolute Gasteiger partial charge is 0.244 e. The number of aryl methyl sites for hydroxylation is 1. The van der Waals surface area contributed by atoms with Crippen LogP contribution in [0.25, 0.3) is 10.9 Å². The highest BCUT2D eigenvalue weighted by molar-refractivity contribution is 5.95. The number of para-hydroxylation sites is 1. The number of benzene rings is 3. The van der Waals surface area contributed by atoms with Gasteiger partial charge in [0.05, 0.1) is 0 Å². The lowest BCUT2D eigenvalue weighted by Crippen LogP contribution is -2.38. The number of hydrogen-bond acceptors (Lipinski definition) is 3. The largest absolute Gasteiger partial charge is 0.378 e. The van der Waals surface area contributed by atoms with Crippen molar-refractivity contribution in [3.05, 3.63) is 95.7 Å². The summed E-state index contributed by atoms with van der Waals surface area (Å²) >= 11 is 0. The quantitative estimate of drug-likeness (QED) is 0.270. The minimum atomic E-state index is -0.198. The van der Waals surface area contributed by atoms with Crippen LogP contribution in [0.15, 0.2) is 78.9 Å². The Bertz CT molecular complexity index is 1470. The third-order valence-electron chi connectivity index (χ3n) is 8.27. The molecule has 0 saturated heterocycles. The number of nitrogens with one attached hydrogen (secondary N) is 2. The summed E-state index contributed by atoms with van der Waals surface area (Å²) in [5, 5.41) is 4.21. The fourth-order valence-electron chi connectivity index (χ4n) is 5.97. The molecule has 6 nitrogen and oxygen atoms in total. The van der Waals surface area contributed by atoms with Gasteiger partial charge >= 0.3 is 0 Å². The summed E-state index contributed by atoms with van der Waals surface area (Å²) in [6, 6.07) is 26.0. The van der Waals surface area contributed by atoms with E-state index in [9.17, 15) is 9.59 Å². The Labute approximate surface area is 231 Å². The summed E-state index contributed by atoms with van der Waals surface area (Å²) in [4.78, 5) is 34.1. The van der Waals surface area contributed by atoms with E-state index in [0.29, 0.717) is 18.9 Å². The highest BCUT2D eigenvalue weighted by atomic mass is 16.2. The van der Waals surface area contributed by atoms with Crippen molar-refractivity contribution >= 4 is 34.1 Å². The molecule has 6 heteroatoms. The van der Waals surface area contributed by atoms with Gasteiger partial charge in [0.25, 0.3) is 0 Å². The molecule has 1 fully saturated rings. The summed E-state index contributed by atoms with van der Waals surface area (Å²) < 4.78 is 0. The molecule has 1 saturated carbocycles. The van der Waals surface area contributed by atoms with Gasteiger partial charge in [-0.1, -0.05) is 62.4 Å². The second kappa shape index (κ2) is 10.6. The van der Waals surface area contributed by atoms with Crippen LogP contribution in [-0.4, -0.2) is 42.3 Å². The highest BCUT2D eigenvalue weighted by Gasteiger charge is 2.59. The normalized spacial score (nSPS) is 17.6. The van der Waals surface area contributed by atoms with Gasteiger partial charge in [0, 0.05) is 55.0 Å². The molecule has 2 amide bonds. The maximum Gasteiger partial charge on any atom is 0.244 e. The number of carbonyl (C=O) groups excluding carboxylic acids is 2. The van der Waals surface area contributed by atoms with Gasteiger partial charge < -0.3 is 20.1 Å². The van der Waals surface area contributed by atoms with E-state index in [4.69, 9.17) is 0 Å². The first-order chi connectivity index (χ1) is 18.6. The van der Waals surface area contributed by atoms with Crippen LogP contribution < -0.4 is 10.2 Å². The van der Waals surface area contributed by atoms with E-state index < -0.39 is 0 Å². The summed E-state index contributed by atoms with van der Waals surface area (Å²) in [5.74, 6) is 0.314. The fraction of sp³-hybridized carbons (Fsp3) is 0.333. The number of carbonyl (C=O) groups is 2. The van der Waals surface area contributed by atoms with Crippen LogP contribution >= 0.6 is 0 Å². The summed E-state index contributed by atoms with van der Waals surface area (Å²) in [6.45, 7) is 7.04. The van der Waals surface area contributed by atoms with Crippen LogP contribution in [-0.2, 0) is 16.1 Å². The molecule has 4 aromatic rings. The van der Waals surface area contributed by atoms with Crippen LogP contribution in [0, 0.1) is 18.3 Å². The molecule has 5 rings (SSSR count). The second-order valence-electron chi connectivity index (χ2n) is 11.5. The van der Waals surface area contributed by atoms with Crippen molar-refractivity contribution in [2.75, 3.05) is 30.9 Å². The molecular weight excluding hydrogens is 484 g/mol. The van der Waals surface area contributed by atoms with Crippen molar-refractivity contribution in [1.29, 1.82) is 0 Å². The number of aromatic amines is 1. The van der Waals surface area contributed by atoms with Gasteiger partial charge in [-0.2, -0.15) is 0 Å². The van der Waals surface area contributed by atoms with Crippen LogP contribution in [0.1, 0.15) is 43.0 Å². The first kappa shape index (κ1) is 26.5. The van der Waals surface area contributed by atoms with E-state index in [1.165, 1.54) is 16.6 Å². The van der Waals surface area contributed by atoms with Crippen molar-refractivity contribution in [2.45, 2.75) is 39.7 Å². The first-order valence-corrected chi connectivity index (χ1v) is 13.6. The maximum absolute atomic E-state index is 13.8. The Balaban J connectivity index is 1.32. The standard InChI is InChI=1S/C33H38N4O2/c1-22-31(26-13-9-10-14-28(26)34-22)32-27(33(32,2)3)19-30(39)37(20-23-11-7-6-8-12-23)21-29(38)35-24-15-17-25(18-16-24)36(4)5/h6-18,27,32,34H,19-21H2,1-5H3,(H,35,38). The SMILES string of the molecule is Cc1[nH]c2ccccc2c1C1C(CC(=O)N(CC(=O)Nc2ccc(N(C)C)cc2)Cc2ccccc2)C1(C)C. The first-order valence-electron chi connectivity index (χ1n) is 13.6. The number of H-pyrrole nitrogens is 1. The van der Waals surface area contributed by atoms with E-state index in [1.807, 2.05) is 79.7 Å². The number of anilines is 2. The molecule has 2 unspecified atom stereocenters. The van der Waals surface area contributed by atoms with Gasteiger partial charge in [-0.3, -0.25) is 9.59 Å². The Morgan fingerprint density at radius 2 is 1.59 bits per heavy atom. The summed E-state index contributed by atoms with van der Waals surface area (Å²) in [5.41, 5.74) is 6.41. The zero-order valence-corrected chi connectivity index (χ0v) is 23.5. The van der Waals surface area contributed by atoms with Crippen molar-refractivity contribution in [1.82, 2.24) is 9.88 Å². The van der Waals surface area contributed by atoms with Gasteiger partial charge in [0.1, 0.15) is 6.54 Å². The number of nitrogens with zero attached hydrogens (tertiary/aromatic N) is 2. The zero-order valence-electron chi connectivity index (χ0n) is 23.5. The number of aromatic nitrogens is 1. The third-order valence-corrected chi connectivity index (χ3v) is 8.27. The Kier molecular flexibility index (Phi) is 7.21. The topological polar surface area (TPSA) is 68.4 Å². The molecule has 1 aliphatic rings. The molecule has 2 atom stereocenters. The number of rotatable bonds is 9. The molecule has 3 aromatic carbocycles. The fourth-order valence-corrected chi connectivity index (χ4v) is 5.97. The highest BCUT2D eigenvalue weighted by Crippen LogP contribution is 2.67. The average molecular weight is 523 g/mol. The lowest BCUT2D eigenvalue weighted by Gasteiger charge is -2.23. The van der Waals surface area contributed by atoms with Crippen LogP contribution in [0.5, 0.6) is 0 Å². The van der Waals surface area contributed by atoms with E-state index in [0.717, 1.165) is 22.5 Å². The number of hydrogen-bond donors (Lipinski definition) is 2. The van der Waals surface area contributed by atoms with E-state index in [-0.39, 0.29) is 29.7 Å². The van der Waals surface area contributed by atoms with Crippen molar-refractivity contribution in [3.63, 3.8) is 0 Å². The van der Waals surface area contributed by atoms with Crippen molar-refractivity contribution in [2.24, 2.45) is 11.3 Å². The molecule has 0 spiro atoms. The Morgan fingerprint density at radius 1 is 0.923 bits per heavy atom. The average Bonchev–Trinajstić information content (AvgIpc) is 3.26. The molecule has 1 aromatic heterocycles. The van der Waals surface area contributed by atoms with Crippen molar-refractivity contribution in [3.8, 4) is 0 Å². The third kappa shape index (κ3) is 5.56. The van der Waals surface area contributed by atoms with Gasteiger partial charge in [0.2, 0.25) is 11.8 Å². The van der Waals surface area contributed by atoms with E-state index >= 15 is 0 Å². The monoisotopic (exact) mass is 522 g/mol. The molecular formula is C33H38N4O2. The minimum absolute atomic E-state index is 0.000243. The zero-order chi connectivity index (χ0) is 27.7. The Morgan fingerprint density at radius 3 is 2.28 bits per heavy atom. The molecule has 39 heavy (non-hydrogen) atoms. The van der Waals surface area contributed by atoms with Gasteiger partial charge in [0.15, 0.2) is 0 Å². The lowest BCUT2D eigenvalue weighted by atomic mass is 10.0. The van der Waals surface area contributed by atoms with Gasteiger partial charge in [-0.15, -0.1) is 0 Å². The van der Waals surface area contributed by atoms with Crippen LogP contribution in [0.4, 0.5) is 11.4 Å². The second-order valence-corrected chi connectivity index (χ2v) is 11.5. The van der Waals surface area contributed by atoms with E-state index in [1.54, 1.807) is 4.90 Å². The summed E-state index contributed by atoms with van der Waals surface area (Å²) in [6.07, 6.45) is 0.411. The van der Waals surface area contributed by atoms with Gasteiger partial charge in [-0.25, -0.2) is 0 Å². The van der Waals surface area contributed by atoms with Gasteiger partial charge in [-0.05, 0) is 65.6 Å². The molecule has 0 bridgehead atoms. The number of fused-ring (bicyclic) bond motifs is 1. The van der Waals surface area contributed by atoms with E-state index in [2.05, 4.69) is 49.3 Å². The molecule has 0 aliphatic heterocycles. The van der Waals surface area contributed by atoms with Crippen molar-refractivity contribution < 1.29 is 9.59 Å². The molecule has 1 aliphatic carbocycles. The predicted molar refractivity (Wildman–Crippen MR) is 159 cm³/mol. The molecule has 2 N–H and O–H groups in total. The molecule has 1 heterocycles. The van der Waals surface area contributed by atoms with Crippen LogP contribution in [0.3, 0.4) is 0 Å². The number of amides is 2. The maximum atomic E-state index is 13.8. The molecule has 202 valence electrons. The minimum Gasteiger partial charge on any atom is -0.378 e. The van der Waals surface area contributed by atoms with Crippen LogP contribution in [0.2, 0.25) is 0 Å². The molecule has 0 radical (unpaired) electrons. The predicted octanol–water partition coefficient (Wildman–Crippen LogP) is 6.34. The lowest BCUT2D eigenvalue weighted by molar-refractivity contribution is -0.135. The Hall–Kier alpha value is -4.06. The summed E-state index contributed by atoms with van der Waals surface area (Å²) in [7, 11) is 3.96.